The van der Waals surface area contributed by atoms with Crippen molar-refractivity contribution in [3.63, 3.8) is 0 Å². The van der Waals surface area contributed by atoms with Gasteiger partial charge in [-0.05, 0) is 83.5 Å². The molecule has 0 aliphatic heterocycles. The highest BCUT2D eigenvalue weighted by molar-refractivity contribution is 5.71. The highest BCUT2D eigenvalue weighted by Crippen LogP contribution is 2.10. The number of unbranched alkanes of at least 4 members (excludes halogenated alkanes) is 11. The summed E-state index contributed by atoms with van der Waals surface area (Å²) in [6.07, 6.45) is 60.6. The molecule has 57 heavy (non-hydrogen) atoms. The first-order valence-electron chi connectivity index (χ1n) is 22.1. The van der Waals surface area contributed by atoms with E-state index in [1.54, 1.807) is 0 Å². The Morgan fingerprint density at radius 2 is 0.807 bits per heavy atom. The largest absolute Gasteiger partial charge is 0.462 e. The van der Waals surface area contributed by atoms with Crippen molar-refractivity contribution in [3.05, 3.63) is 122 Å². The van der Waals surface area contributed by atoms with Gasteiger partial charge in [0.1, 0.15) is 13.2 Å². The van der Waals surface area contributed by atoms with E-state index >= 15 is 0 Å². The van der Waals surface area contributed by atoms with Gasteiger partial charge in [-0.2, -0.15) is 0 Å². The second-order valence-corrected chi connectivity index (χ2v) is 14.0. The maximum atomic E-state index is 12.7. The summed E-state index contributed by atoms with van der Waals surface area (Å²) in [7, 11) is 0. The summed E-state index contributed by atoms with van der Waals surface area (Å²) in [5.41, 5.74) is 0. The van der Waals surface area contributed by atoms with Gasteiger partial charge < -0.3 is 14.2 Å². The van der Waals surface area contributed by atoms with Crippen LogP contribution in [-0.2, 0) is 28.6 Å². The molecule has 0 aromatic heterocycles. The van der Waals surface area contributed by atoms with E-state index in [1.165, 1.54) is 38.5 Å². The predicted octanol–water partition coefficient (Wildman–Crippen LogP) is 14.2. The fraction of sp³-hybridized carbons (Fsp3) is 0.549. The lowest BCUT2D eigenvalue weighted by molar-refractivity contribution is -0.166. The van der Waals surface area contributed by atoms with Gasteiger partial charge in [-0.3, -0.25) is 14.4 Å². The molecule has 0 N–H and O–H groups in total. The molecule has 1 unspecified atom stereocenters. The lowest BCUT2D eigenvalue weighted by Crippen LogP contribution is -2.30. The maximum absolute atomic E-state index is 12.7. The van der Waals surface area contributed by atoms with Crippen LogP contribution < -0.4 is 0 Å². The van der Waals surface area contributed by atoms with Crippen LogP contribution in [0.2, 0.25) is 0 Å². The Kier molecular flexibility index (Phi) is 41.3. The van der Waals surface area contributed by atoms with Gasteiger partial charge in [-0.25, -0.2) is 0 Å². The Balaban J connectivity index is 4.59. The van der Waals surface area contributed by atoms with Gasteiger partial charge in [0.05, 0.1) is 0 Å². The van der Waals surface area contributed by atoms with Crippen LogP contribution in [-0.4, -0.2) is 37.2 Å². The Hall–Kier alpha value is -4.19. The molecule has 0 aliphatic carbocycles. The van der Waals surface area contributed by atoms with Crippen molar-refractivity contribution in [1.82, 2.24) is 0 Å². The molecule has 0 saturated carbocycles. The minimum absolute atomic E-state index is 0.137. The second-order valence-electron chi connectivity index (χ2n) is 14.0. The third-order valence-electron chi connectivity index (χ3n) is 8.61. The molecule has 0 fully saturated rings. The number of rotatable bonds is 37. The summed E-state index contributed by atoms with van der Waals surface area (Å²) < 4.78 is 16.5. The molecule has 0 aromatic carbocycles. The smallest absolute Gasteiger partial charge is 0.306 e. The van der Waals surface area contributed by atoms with Crippen molar-refractivity contribution < 1.29 is 28.6 Å². The highest BCUT2D eigenvalue weighted by atomic mass is 16.6. The summed E-state index contributed by atoms with van der Waals surface area (Å²) in [5.74, 6) is -1.10. The van der Waals surface area contributed by atoms with Crippen molar-refractivity contribution >= 4 is 17.9 Å². The predicted molar refractivity (Wildman–Crippen MR) is 242 cm³/mol. The van der Waals surface area contributed by atoms with E-state index in [-0.39, 0.29) is 44.4 Å². The Morgan fingerprint density at radius 1 is 0.386 bits per heavy atom. The topological polar surface area (TPSA) is 78.9 Å². The lowest BCUT2D eigenvalue weighted by atomic mass is 10.1. The van der Waals surface area contributed by atoms with Crippen LogP contribution in [0, 0.1) is 0 Å². The lowest BCUT2D eigenvalue weighted by Gasteiger charge is -2.18. The first-order chi connectivity index (χ1) is 28.0. The average Bonchev–Trinajstić information content (AvgIpc) is 3.21. The zero-order chi connectivity index (χ0) is 41.5. The van der Waals surface area contributed by atoms with Gasteiger partial charge in [-0.1, -0.05) is 181 Å². The Labute approximate surface area is 348 Å². The van der Waals surface area contributed by atoms with Crippen LogP contribution in [0.4, 0.5) is 0 Å². The first kappa shape index (κ1) is 52.8. The number of allylic oxidation sites excluding steroid dienone is 20. The standard InChI is InChI=1S/C51H78O6/c1-4-7-10-13-16-19-21-23-24-25-26-28-29-32-35-38-41-44-50(53)56-47-48(46-55-49(52)43-40-37-34-31-18-15-12-9-6-3)57-51(54)45-42-39-36-33-30-27-22-20-17-14-11-8-5-2/h7,9-10,12-13,16,18-19,21,23-31,36,39,48H,4-6,8,11,14-15,17,20,22,32-35,37-38,40-47H2,1-3H3/b10-7-,12-9-,16-13-,21-19-,24-23-,26-25+,29-28-,30-27-,31-18-,39-36-. The van der Waals surface area contributed by atoms with E-state index in [1.807, 2.05) is 66.8 Å². The van der Waals surface area contributed by atoms with Crippen LogP contribution in [0.5, 0.6) is 0 Å². The summed E-state index contributed by atoms with van der Waals surface area (Å²) in [5, 5.41) is 0. The van der Waals surface area contributed by atoms with Gasteiger partial charge >= 0.3 is 17.9 Å². The fourth-order valence-electron chi connectivity index (χ4n) is 5.33. The number of hydrogen-bond acceptors (Lipinski definition) is 6. The molecule has 6 heteroatoms. The van der Waals surface area contributed by atoms with Gasteiger partial charge in [-0.15, -0.1) is 0 Å². The van der Waals surface area contributed by atoms with Crippen molar-refractivity contribution in [3.8, 4) is 0 Å². The molecular formula is C51H78O6. The van der Waals surface area contributed by atoms with Gasteiger partial charge in [0.2, 0.25) is 0 Å². The second kappa shape index (κ2) is 44.5. The minimum atomic E-state index is -0.840. The van der Waals surface area contributed by atoms with E-state index in [9.17, 15) is 14.4 Å². The third kappa shape index (κ3) is 42.8. The number of ether oxygens (including phenoxy) is 3. The van der Waals surface area contributed by atoms with Gasteiger partial charge in [0, 0.05) is 19.3 Å². The van der Waals surface area contributed by atoms with Crippen molar-refractivity contribution in [2.75, 3.05) is 13.2 Å². The van der Waals surface area contributed by atoms with E-state index in [0.29, 0.717) is 19.3 Å². The quantitative estimate of drug-likeness (QED) is 0.0205. The van der Waals surface area contributed by atoms with E-state index < -0.39 is 12.1 Å². The molecule has 0 spiro atoms. The van der Waals surface area contributed by atoms with Crippen LogP contribution >= 0.6 is 0 Å². The zero-order valence-electron chi connectivity index (χ0n) is 36.0. The van der Waals surface area contributed by atoms with Crippen molar-refractivity contribution in [2.45, 2.75) is 168 Å². The zero-order valence-corrected chi connectivity index (χ0v) is 36.0. The van der Waals surface area contributed by atoms with E-state index in [0.717, 1.165) is 64.2 Å². The van der Waals surface area contributed by atoms with Gasteiger partial charge in [0.25, 0.3) is 0 Å². The third-order valence-corrected chi connectivity index (χ3v) is 8.61. The highest BCUT2D eigenvalue weighted by Gasteiger charge is 2.19. The molecule has 0 aliphatic rings. The number of esters is 3. The van der Waals surface area contributed by atoms with Crippen LogP contribution in [0.1, 0.15) is 162 Å². The molecule has 0 bridgehead atoms. The minimum Gasteiger partial charge on any atom is -0.462 e. The molecular weight excluding hydrogens is 709 g/mol. The summed E-state index contributed by atoms with van der Waals surface area (Å²) in [4.78, 5) is 37.6. The van der Waals surface area contributed by atoms with E-state index in [4.69, 9.17) is 14.2 Å². The van der Waals surface area contributed by atoms with E-state index in [2.05, 4.69) is 75.5 Å². The van der Waals surface area contributed by atoms with Crippen LogP contribution in [0.15, 0.2) is 122 Å². The molecule has 0 rings (SSSR count). The maximum Gasteiger partial charge on any atom is 0.306 e. The molecule has 0 aromatic rings. The Bertz CT molecular complexity index is 1270. The molecule has 1 atom stereocenters. The van der Waals surface area contributed by atoms with Crippen LogP contribution in [0.25, 0.3) is 0 Å². The summed E-state index contributed by atoms with van der Waals surface area (Å²) in [6.45, 7) is 6.19. The SMILES string of the molecule is CC\C=C/C=C\C=C/C=C\C=C\C=C/CCCCCC(=O)OCC(COC(=O)CCCC/C=C\C/C=C\CC)OC(=O)CC/C=C\C/C=C\CCCCCCCC. The molecule has 318 valence electrons. The van der Waals surface area contributed by atoms with Crippen molar-refractivity contribution in [2.24, 2.45) is 0 Å². The summed E-state index contributed by atoms with van der Waals surface area (Å²) in [6, 6.07) is 0. The molecule has 0 saturated heterocycles. The number of carbonyl (C=O) groups excluding carboxylic acids is 3. The molecule has 0 amide bonds. The number of carbonyl (C=O) groups is 3. The van der Waals surface area contributed by atoms with Gasteiger partial charge in [0.15, 0.2) is 6.10 Å². The summed E-state index contributed by atoms with van der Waals surface area (Å²) >= 11 is 0. The number of hydrogen-bond donors (Lipinski definition) is 0. The Morgan fingerprint density at radius 3 is 1.37 bits per heavy atom. The normalized spacial score (nSPS) is 13.2. The molecule has 0 radical (unpaired) electrons. The fourth-order valence-corrected chi connectivity index (χ4v) is 5.33. The monoisotopic (exact) mass is 787 g/mol. The van der Waals surface area contributed by atoms with Crippen molar-refractivity contribution in [1.29, 1.82) is 0 Å². The molecule has 0 heterocycles. The average molecular weight is 787 g/mol. The first-order valence-corrected chi connectivity index (χ1v) is 22.1. The molecule has 6 nitrogen and oxygen atoms in total. The van der Waals surface area contributed by atoms with Crippen LogP contribution in [0.3, 0.4) is 0 Å².